The minimum Gasteiger partial charge on any atom is -0.367 e. The van der Waals surface area contributed by atoms with Crippen LogP contribution in [0.15, 0.2) is 18.5 Å². The smallest absolute Gasteiger partial charge is 0.367 e. The predicted octanol–water partition coefficient (Wildman–Crippen LogP) is 2.90. The SMILES string of the molecule is CC(C)[C@]1(C(=O)N2CCN(c3cncc(C(F)(F)F)c3)CC2)CCC(N)C1. The Labute approximate surface area is 157 Å². The van der Waals surface area contributed by atoms with Crippen LogP contribution in [0.3, 0.4) is 0 Å². The summed E-state index contributed by atoms with van der Waals surface area (Å²) in [6.07, 6.45) is 0.243. The first-order valence-electron chi connectivity index (χ1n) is 9.45. The Morgan fingerprint density at radius 2 is 1.93 bits per heavy atom. The molecule has 1 aromatic rings. The van der Waals surface area contributed by atoms with E-state index in [1.165, 1.54) is 6.20 Å². The fourth-order valence-electron chi connectivity index (χ4n) is 4.32. The van der Waals surface area contributed by atoms with Crippen molar-refractivity contribution in [1.82, 2.24) is 9.88 Å². The van der Waals surface area contributed by atoms with E-state index in [1.807, 2.05) is 9.80 Å². The number of anilines is 1. The molecule has 1 aliphatic heterocycles. The largest absolute Gasteiger partial charge is 0.417 e. The van der Waals surface area contributed by atoms with Crippen molar-refractivity contribution >= 4 is 11.6 Å². The highest BCUT2D eigenvalue weighted by molar-refractivity contribution is 5.83. The van der Waals surface area contributed by atoms with Crippen molar-refractivity contribution in [1.29, 1.82) is 0 Å². The normalized spacial score (nSPS) is 26.7. The van der Waals surface area contributed by atoms with Gasteiger partial charge in [-0.1, -0.05) is 13.8 Å². The van der Waals surface area contributed by atoms with Crippen molar-refractivity contribution in [2.45, 2.75) is 45.3 Å². The lowest BCUT2D eigenvalue weighted by atomic mass is 9.74. The number of nitrogens with two attached hydrogens (primary N) is 1. The van der Waals surface area contributed by atoms with Crippen molar-refractivity contribution in [3.8, 4) is 0 Å². The van der Waals surface area contributed by atoms with Crippen molar-refractivity contribution in [3.05, 3.63) is 24.0 Å². The molecule has 2 atom stereocenters. The van der Waals surface area contributed by atoms with E-state index in [4.69, 9.17) is 5.73 Å². The van der Waals surface area contributed by atoms with Gasteiger partial charge in [0.15, 0.2) is 0 Å². The second-order valence-electron chi connectivity index (χ2n) is 8.02. The molecule has 0 spiro atoms. The number of aromatic nitrogens is 1. The molecule has 1 amide bonds. The number of hydrogen-bond donors (Lipinski definition) is 1. The minimum atomic E-state index is -4.41. The van der Waals surface area contributed by atoms with Gasteiger partial charge in [0.2, 0.25) is 5.91 Å². The third kappa shape index (κ3) is 3.90. The highest BCUT2D eigenvalue weighted by Gasteiger charge is 2.48. The van der Waals surface area contributed by atoms with Gasteiger partial charge in [0.05, 0.1) is 22.9 Å². The van der Waals surface area contributed by atoms with Gasteiger partial charge >= 0.3 is 6.18 Å². The number of halogens is 3. The molecule has 3 rings (SSSR count). The van der Waals surface area contributed by atoms with Gasteiger partial charge < -0.3 is 15.5 Å². The highest BCUT2D eigenvalue weighted by atomic mass is 19.4. The Morgan fingerprint density at radius 1 is 1.26 bits per heavy atom. The topological polar surface area (TPSA) is 62.5 Å². The maximum atomic E-state index is 13.2. The predicted molar refractivity (Wildman–Crippen MR) is 97.1 cm³/mol. The molecule has 5 nitrogen and oxygen atoms in total. The van der Waals surface area contributed by atoms with Crippen LogP contribution in [0.5, 0.6) is 0 Å². The lowest BCUT2D eigenvalue weighted by molar-refractivity contribution is -0.145. The average molecular weight is 384 g/mol. The summed E-state index contributed by atoms with van der Waals surface area (Å²) in [6, 6.07) is 1.18. The van der Waals surface area contributed by atoms with Crippen LogP contribution < -0.4 is 10.6 Å². The van der Waals surface area contributed by atoms with Crippen molar-refractivity contribution in [2.24, 2.45) is 17.1 Å². The van der Waals surface area contributed by atoms with Gasteiger partial charge in [-0.25, -0.2) is 0 Å². The van der Waals surface area contributed by atoms with Gasteiger partial charge in [0, 0.05) is 38.4 Å². The molecular formula is C19H27F3N4O. The molecule has 1 saturated heterocycles. The molecule has 2 heterocycles. The first-order chi connectivity index (χ1) is 12.6. The summed E-state index contributed by atoms with van der Waals surface area (Å²) >= 11 is 0. The molecule has 2 aliphatic rings. The van der Waals surface area contributed by atoms with Crippen molar-refractivity contribution < 1.29 is 18.0 Å². The average Bonchev–Trinajstić information content (AvgIpc) is 3.04. The quantitative estimate of drug-likeness (QED) is 0.871. The van der Waals surface area contributed by atoms with Crippen LogP contribution in [0.1, 0.15) is 38.7 Å². The van der Waals surface area contributed by atoms with Crippen LogP contribution in [0.4, 0.5) is 18.9 Å². The van der Waals surface area contributed by atoms with Gasteiger partial charge in [0.1, 0.15) is 0 Å². The van der Waals surface area contributed by atoms with Crippen LogP contribution in [-0.4, -0.2) is 48.0 Å². The van der Waals surface area contributed by atoms with E-state index < -0.39 is 17.2 Å². The van der Waals surface area contributed by atoms with Gasteiger partial charge in [0.25, 0.3) is 0 Å². The number of hydrogen-bond acceptors (Lipinski definition) is 4. The number of amides is 1. The molecule has 1 aliphatic carbocycles. The van der Waals surface area contributed by atoms with E-state index >= 15 is 0 Å². The molecule has 8 heteroatoms. The Kier molecular flexibility index (Phi) is 5.38. The van der Waals surface area contributed by atoms with Gasteiger partial charge in [-0.3, -0.25) is 9.78 Å². The molecule has 0 bridgehead atoms. The number of alkyl halides is 3. The fourth-order valence-corrected chi connectivity index (χ4v) is 4.32. The van der Waals surface area contributed by atoms with E-state index in [9.17, 15) is 18.0 Å². The van der Waals surface area contributed by atoms with E-state index in [-0.39, 0.29) is 17.9 Å². The zero-order valence-electron chi connectivity index (χ0n) is 15.8. The maximum absolute atomic E-state index is 13.2. The second-order valence-corrected chi connectivity index (χ2v) is 8.02. The molecule has 0 aromatic carbocycles. The summed E-state index contributed by atoms with van der Waals surface area (Å²) in [6.45, 7) is 6.13. The van der Waals surface area contributed by atoms with Crippen LogP contribution in [-0.2, 0) is 11.0 Å². The Morgan fingerprint density at radius 3 is 2.44 bits per heavy atom. The van der Waals surface area contributed by atoms with Crippen LogP contribution in [0.2, 0.25) is 0 Å². The number of nitrogens with zero attached hydrogens (tertiary/aromatic N) is 3. The molecule has 27 heavy (non-hydrogen) atoms. The zero-order chi connectivity index (χ0) is 19.8. The third-order valence-electron chi connectivity index (χ3n) is 6.10. The van der Waals surface area contributed by atoms with Crippen LogP contribution >= 0.6 is 0 Å². The van der Waals surface area contributed by atoms with Crippen LogP contribution in [0.25, 0.3) is 0 Å². The lowest BCUT2D eigenvalue weighted by Crippen LogP contribution is -2.54. The summed E-state index contributed by atoms with van der Waals surface area (Å²) in [7, 11) is 0. The van der Waals surface area contributed by atoms with Gasteiger partial charge in [-0.15, -0.1) is 0 Å². The number of pyridine rings is 1. The Hall–Kier alpha value is -1.83. The summed E-state index contributed by atoms with van der Waals surface area (Å²) in [5.41, 5.74) is 5.37. The monoisotopic (exact) mass is 384 g/mol. The number of carbonyl (C=O) groups is 1. The van der Waals surface area contributed by atoms with Crippen molar-refractivity contribution in [3.63, 3.8) is 0 Å². The van der Waals surface area contributed by atoms with E-state index in [1.54, 1.807) is 0 Å². The molecule has 1 saturated carbocycles. The van der Waals surface area contributed by atoms with E-state index in [2.05, 4.69) is 18.8 Å². The highest BCUT2D eigenvalue weighted by Crippen LogP contribution is 2.45. The van der Waals surface area contributed by atoms with E-state index in [0.29, 0.717) is 38.3 Å². The first kappa shape index (κ1) is 19.9. The second kappa shape index (κ2) is 7.30. The maximum Gasteiger partial charge on any atom is 0.417 e. The first-order valence-corrected chi connectivity index (χ1v) is 9.45. The molecule has 2 fully saturated rings. The zero-order valence-corrected chi connectivity index (χ0v) is 15.8. The van der Waals surface area contributed by atoms with E-state index in [0.717, 1.165) is 25.1 Å². The molecule has 2 N–H and O–H groups in total. The standard InChI is InChI=1S/C19H27F3N4O/c1-13(2)18(4-3-15(23)10-18)17(27)26-7-5-25(6-8-26)16-9-14(11-24-12-16)19(20,21)22/h9,11-13,15H,3-8,10,23H2,1-2H3/t15?,18-/m0/s1. The molecule has 0 radical (unpaired) electrons. The summed E-state index contributed by atoms with van der Waals surface area (Å²) in [4.78, 5) is 20.7. The molecule has 150 valence electrons. The number of carbonyl (C=O) groups excluding carboxylic acids is 1. The fraction of sp³-hybridized carbons (Fsp3) is 0.684. The molecule has 1 aromatic heterocycles. The lowest BCUT2D eigenvalue weighted by Gasteiger charge is -2.42. The minimum absolute atomic E-state index is 0.0637. The third-order valence-corrected chi connectivity index (χ3v) is 6.10. The summed E-state index contributed by atoms with van der Waals surface area (Å²) < 4.78 is 38.7. The Bertz CT molecular complexity index is 686. The summed E-state index contributed by atoms with van der Waals surface area (Å²) in [5.74, 6) is 0.358. The summed E-state index contributed by atoms with van der Waals surface area (Å²) in [5, 5.41) is 0. The van der Waals surface area contributed by atoms with Crippen LogP contribution in [0, 0.1) is 11.3 Å². The number of piperazine rings is 1. The van der Waals surface area contributed by atoms with Gasteiger partial charge in [-0.2, -0.15) is 13.2 Å². The Balaban J connectivity index is 1.68. The number of rotatable bonds is 3. The van der Waals surface area contributed by atoms with Gasteiger partial charge in [-0.05, 0) is 31.2 Å². The van der Waals surface area contributed by atoms with Crippen molar-refractivity contribution in [2.75, 3.05) is 31.1 Å². The molecule has 1 unspecified atom stereocenters. The molecular weight excluding hydrogens is 357 g/mol.